The number of rotatable bonds is 5. The highest BCUT2D eigenvalue weighted by atomic mass is 16.5. The maximum Gasteiger partial charge on any atom is 0.251 e. The third-order valence-electron chi connectivity index (χ3n) is 7.56. The molecule has 4 aromatic carbocycles. The molecule has 0 radical (unpaired) electrons. The van der Waals surface area contributed by atoms with Crippen LogP contribution in [0.4, 0.5) is 0 Å². The number of aromatic nitrogens is 1. The lowest BCUT2D eigenvalue weighted by atomic mass is 9.92. The zero-order chi connectivity index (χ0) is 27.5. The highest BCUT2D eigenvalue weighted by molar-refractivity contribution is 6.20. The molecule has 1 aromatic heterocycles. The van der Waals surface area contributed by atoms with Gasteiger partial charge in [-0.05, 0) is 79.8 Å². The summed E-state index contributed by atoms with van der Waals surface area (Å²) in [5, 5.41) is 15.2. The number of carbonyl (C=O) groups is 2. The van der Waals surface area contributed by atoms with Crippen molar-refractivity contribution < 1.29 is 19.4 Å². The van der Waals surface area contributed by atoms with Crippen LogP contribution in [0, 0.1) is 6.92 Å². The van der Waals surface area contributed by atoms with Gasteiger partial charge >= 0.3 is 0 Å². The van der Waals surface area contributed by atoms with E-state index in [0.29, 0.717) is 41.1 Å². The Balaban J connectivity index is 1.52. The number of carbonyl (C=O) groups excluding carboxylic acids is 2. The van der Waals surface area contributed by atoms with E-state index >= 15 is 0 Å². The van der Waals surface area contributed by atoms with Gasteiger partial charge < -0.3 is 25.9 Å². The van der Waals surface area contributed by atoms with E-state index in [4.69, 9.17) is 10.5 Å². The van der Waals surface area contributed by atoms with Crippen LogP contribution in [0.2, 0.25) is 0 Å². The van der Waals surface area contributed by atoms with E-state index in [1.165, 1.54) is 0 Å². The van der Waals surface area contributed by atoms with Crippen molar-refractivity contribution in [1.82, 2.24) is 10.3 Å². The van der Waals surface area contributed by atoms with Crippen LogP contribution in [-0.4, -0.2) is 28.4 Å². The highest BCUT2D eigenvalue weighted by Gasteiger charge is 2.23. The van der Waals surface area contributed by atoms with Crippen LogP contribution >= 0.6 is 0 Å². The van der Waals surface area contributed by atoms with Crippen LogP contribution in [0.5, 0.6) is 11.5 Å². The van der Waals surface area contributed by atoms with Gasteiger partial charge in [0.1, 0.15) is 11.5 Å². The van der Waals surface area contributed by atoms with Crippen molar-refractivity contribution in [2.45, 2.75) is 32.8 Å². The monoisotopic (exact) mass is 519 g/mol. The number of hydrogen-bond donors (Lipinski definition) is 4. The zero-order valence-corrected chi connectivity index (χ0v) is 22.0. The Bertz CT molecular complexity index is 1810. The van der Waals surface area contributed by atoms with Crippen molar-refractivity contribution in [3.63, 3.8) is 0 Å². The molecule has 1 aliphatic heterocycles. The summed E-state index contributed by atoms with van der Waals surface area (Å²) in [5.41, 5.74) is 11.7. The zero-order valence-electron chi connectivity index (χ0n) is 22.0. The third kappa shape index (κ3) is 4.11. The number of hydrogen-bond acceptors (Lipinski definition) is 4. The second kappa shape index (κ2) is 8.99. The Labute approximate surface area is 225 Å². The lowest BCUT2D eigenvalue weighted by Gasteiger charge is -2.21. The summed E-state index contributed by atoms with van der Waals surface area (Å²) in [6, 6.07) is 20.9. The molecule has 0 atom stereocenters. The molecule has 0 bridgehead atoms. The standard InChI is InChI=1S/C32H29N3O4/c1-17-19(6-4-8-26(17)39-27-9-5-7-22-20(27)14-15-34-31(22)37)21-12-13-24(30(33)36)29-28(21)23-11-10-18(32(2,3)38)16-25(23)35-29/h4-13,16,35,38H,14-15H2,1-3H3,(H2,33,36)(H,34,37). The Hall–Kier alpha value is -4.62. The van der Waals surface area contributed by atoms with Crippen LogP contribution < -0.4 is 15.8 Å². The topological polar surface area (TPSA) is 117 Å². The van der Waals surface area contributed by atoms with Gasteiger partial charge in [-0.25, -0.2) is 0 Å². The number of primary amides is 1. The molecule has 0 saturated carbocycles. The van der Waals surface area contributed by atoms with Gasteiger partial charge in [0.15, 0.2) is 0 Å². The first-order valence-corrected chi connectivity index (χ1v) is 12.9. The highest BCUT2D eigenvalue weighted by Crippen LogP contribution is 2.41. The van der Waals surface area contributed by atoms with E-state index in [1.807, 2.05) is 67.6 Å². The van der Waals surface area contributed by atoms with Crippen molar-refractivity contribution in [2.75, 3.05) is 6.54 Å². The van der Waals surface area contributed by atoms with Gasteiger partial charge in [0.25, 0.3) is 11.8 Å². The summed E-state index contributed by atoms with van der Waals surface area (Å²) in [6.45, 7) is 6.05. The lowest BCUT2D eigenvalue weighted by Crippen LogP contribution is -2.31. The minimum Gasteiger partial charge on any atom is -0.457 e. The van der Waals surface area contributed by atoms with E-state index in [0.717, 1.165) is 44.1 Å². The number of aromatic amines is 1. The van der Waals surface area contributed by atoms with Gasteiger partial charge in [0.05, 0.1) is 16.7 Å². The first-order chi connectivity index (χ1) is 18.6. The third-order valence-corrected chi connectivity index (χ3v) is 7.56. The molecule has 5 N–H and O–H groups in total. The molecule has 0 spiro atoms. The molecule has 1 aliphatic rings. The Morgan fingerprint density at radius 2 is 1.72 bits per heavy atom. The van der Waals surface area contributed by atoms with E-state index in [9.17, 15) is 14.7 Å². The SMILES string of the molecule is Cc1c(Oc2cccc3c2CCNC3=O)cccc1-c1ccc(C(N)=O)c2[nH]c3cc(C(C)(C)O)ccc3c12. The molecule has 0 fully saturated rings. The summed E-state index contributed by atoms with van der Waals surface area (Å²) >= 11 is 0. The molecule has 0 unspecified atom stereocenters. The predicted octanol–water partition coefficient (Wildman–Crippen LogP) is 5.70. The molecule has 5 aromatic rings. The average Bonchev–Trinajstić information content (AvgIpc) is 3.28. The summed E-state index contributed by atoms with van der Waals surface area (Å²) in [5.74, 6) is 0.745. The van der Waals surface area contributed by atoms with E-state index in [1.54, 1.807) is 19.9 Å². The first-order valence-electron chi connectivity index (χ1n) is 12.9. The molecule has 2 heterocycles. The molecule has 0 aliphatic carbocycles. The average molecular weight is 520 g/mol. The maximum atomic E-state index is 12.3. The summed E-state index contributed by atoms with van der Waals surface area (Å²) in [4.78, 5) is 28.1. The number of H-pyrrole nitrogens is 1. The van der Waals surface area contributed by atoms with Crippen LogP contribution in [0.1, 0.15) is 51.3 Å². The van der Waals surface area contributed by atoms with Crippen LogP contribution in [0.3, 0.4) is 0 Å². The van der Waals surface area contributed by atoms with Crippen molar-refractivity contribution in [3.8, 4) is 22.6 Å². The molecule has 0 saturated heterocycles. The van der Waals surface area contributed by atoms with Crippen molar-refractivity contribution in [1.29, 1.82) is 0 Å². The molecule has 196 valence electrons. The molecule has 7 heteroatoms. The van der Waals surface area contributed by atoms with Gasteiger partial charge in [-0.1, -0.05) is 36.4 Å². The normalized spacial score (nSPS) is 13.4. The van der Waals surface area contributed by atoms with Gasteiger partial charge in [0, 0.05) is 34.0 Å². The molecular weight excluding hydrogens is 490 g/mol. The molecule has 7 nitrogen and oxygen atoms in total. The number of aliphatic hydroxyl groups is 1. The lowest BCUT2D eigenvalue weighted by molar-refractivity contribution is 0.0787. The number of benzene rings is 4. The number of nitrogens with one attached hydrogen (secondary N) is 2. The van der Waals surface area contributed by atoms with Gasteiger partial charge in [-0.2, -0.15) is 0 Å². The van der Waals surface area contributed by atoms with Gasteiger partial charge in [-0.3, -0.25) is 9.59 Å². The number of nitrogens with two attached hydrogens (primary N) is 1. The summed E-state index contributed by atoms with van der Waals surface area (Å²) < 4.78 is 6.42. The minimum atomic E-state index is -1.01. The number of ether oxygens (including phenoxy) is 1. The number of amides is 2. The Morgan fingerprint density at radius 3 is 2.46 bits per heavy atom. The van der Waals surface area contributed by atoms with Gasteiger partial charge in [0.2, 0.25) is 0 Å². The van der Waals surface area contributed by atoms with Crippen LogP contribution in [0.25, 0.3) is 32.9 Å². The fourth-order valence-corrected chi connectivity index (χ4v) is 5.49. The van der Waals surface area contributed by atoms with Crippen molar-refractivity contribution in [3.05, 3.63) is 94.5 Å². The van der Waals surface area contributed by atoms with Crippen LogP contribution in [-0.2, 0) is 12.0 Å². The fraction of sp³-hybridized carbons (Fsp3) is 0.188. The van der Waals surface area contributed by atoms with E-state index < -0.39 is 11.5 Å². The van der Waals surface area contributed by atoms with Crippen molar-refractivity contribution in [2.24, 2.45) is 5.73 Å². The molecule has 6 rings (SSSR count). The Morgan fingerprint density at radius 1 is 0.974 bits per heavy atom. The first kappa shape index (κ1) is 24.7. The Kier molecular flexibility index (Phi) is 5.70. The molecule has 2 amide bonds. The van der Waals surface area contributed by atoms with E-state index in [-0.39, 0.29) is 5.91 Å². The number of fused-ring (bicyclic) bond motifs is 4. The largest absolute Gasteiger partial charge is 0.457 e. The predicted molar refractivity (Wildman–Crippen MR) is 152 cm³/mol. The van der Waals surface area contributed by atoms with Crippen LogP contribution in [0.15, 0.2) is 66.7 Å². The van der Waals surface area contributed by atoms with Gasteiger partial charge in [-0.15, -0.1) is 0 Å². The second-order valence-electron chi connectivity index (χ2n) is 10.5. The fourth-order valence-electron chi connectivity index (χ4n) is 5.49. The second-order valence-corrected chi connectivity index (χ2v) is 10.5. The maximum absolute atomic E-state index is 12.3. The van der Waals surface area contributed by atoms with E-state index in [2.05, 4.69) is 10.3 Å². The summed E-state index contributed by atoms with van der Waals surface area (Å²) in [7, 11) is 0. The van der Waals surface area contributed by atoms with Crippen molar-refractivity contribution >= 4 is 33.6 Å². The summed E-state index contributed by atoms with van der Waals surface area (Å²) in [6.07, 6.45) is 0.702. The quantitative estimate of drug-likeness (QED) is 0.238. The smallest absolute Gasteiger partial charge is 0.251 e. The molecule has 39 heavy (non-hydrogen) atoms. The minimum absolute atomic E-state index is 0.0869. The molecular formula is C32H29N3O4.